The summed E-state index contributed by atoms with van der Waals surface area (Å²) in [6, 6.07) is 6.44. The highest BCUT2D eigenvalue weighted by molar-refractivity contribution is 5.65. The predicted octanol–water partition coefficient (Wildman–Crippen LogP) is 2.39. The second-order valence-electron chi connectivity index (χ2n) is 5.27. The van der Waals surface area contributed by atoms with E-state index in [1.165, 1.54) is 12.1 Å². The standard InChI is InChI=1S/C16H19FN4/c1-12-15(13-3-5-14(17)6-4-13)11-19-16(20-12)21-9-2-7-18-8-10-21/h3-6,11,18H,2,7-10H2,1H3. The molecule has 0 radical (unpaired) electrons. The van der Waals surface area contributed by atoms with Crippen molar-refractivity contribution in [2.45, 2.75) is 13.3 Å². The zero-order chi connectivity index (χ0) is 14.7. The molecule has 2 aromatic rings. The van der Waals surface area contributed by atoms with Gasteiger partial charge in [-0.15, -0.1) is 0 Å². The second kappa shape index (κ2) is 6.18. The molecule has 1 aromatic heterocycles. The number of nitrogens with one attached hydrogen (secondary N) is 1. The van der Waals surface area contributed by atoms with Gasteiger partial charge < -0.3 is 10.2 Å². The van der Waals surface area contributed by atoms with Gasteiger partial charge in [-0.1, -0.05) is 12.1 Å². The lowest BCUT2D eigenvalue weighted by atomic mass is 10.1. The van der Waals surface area contributed by atoms with Crippen molar-refractivity contribution in [3.05, 3.63) is 42.0 Å². The summed E-state index contributed by atoms with van der Waals surface area (Å²) in [7, 11) is 0. The third-order valence-electron chi connectivity index (χ3n) is 3.74. The van der Waals surface area contributed by atoms with Gasteiger partial charge in [0.2, 0.25) is 5.95 Å². The van der Waals surface area contributed by atoms with Crippen LogP contribution in [-0.2, 0) is 0 Å². The van der Waals surface area contributed by atoms with E-state index in [4.69, 9.17) is 0 Å². The Labute approximate surface area is 124 Å². The fourth-order valence-electron chi connectivity index (χ4n) is 2.57. The first-order valence-corrected chi connectivity index (χ1v) is 7.29. The summed E-state index contributed by atoms with van der Waals surface area (Å²) in [4.78, 5) is 11.3. The summed E-state index contributed by atoms with van der Waals surface area (Å²) in [5.41, 5.74) is 2.81. The molecule has 1 aliphatic heterocycles. The van der Waals surface area contributed by atoms with Crippen molar-refractivity contribution in [1.82, 2.24) is 15.3 Å². The molecule has 110 valence electrons. The van der Waals surface area contributed by atoms with Crippen LogP contribution in [0.1, 0.15) is 12.1 Å². The van der Waals surface area contributed by atoms with Gasteiger partial charge in [0.15, 0.2) is 0 Å². The largest absolute Gasteiger partial charge is 0.339 e. The molecule has 21 heavy (non-hydrogen) atoms. The number of halogens is 1. The third kappa shape index (κ3) is 3.19. The number of nitrogens with zero attached hydrogens (tertiary/aromatic N) is 3. The third-order valence-corrected chi connectivity index (χ3v) is 3.74. The fourth-order valence-corrected chi connectivity index (χ4v) is 2.57. The van der Waals surface area contributed by atoms with Crippen molar-refractivity contribution in [3.8, 4) is 11.1 Å². The maximum atomic E-state index is 13.0. The van der Waals surface area contributed by atoms with Crippen molar-refractivity contribution in [2.24, 2.45) is 0 Å². The molecule has 2 heterocycles. The lowest BCUT2D eigenvalue weighted by Gasteiger charge is -2.20. The first-order chi connectivity index (χ1) is 10.2. The van der Waals surface area contributed by atoms with E-state index in [-0.39, 0.29) is 5.82 Å². The summed E-state index contributed by atoms with van der Waals surface area (Å²) in [6.07, 6.45) is 2.94. The minimum atomic E-state index is -0.231. The normalized spacial score (nSPS) is 15.8. The number of aryl methyl sites for hydroxylation is 1. The van der Waals surface area contributed by atoms with Crippen molar-refractivity contribution >= 4 is 5.95 Å². The number of rotatable bonds is 2. The van der Waals surface area contributed by atoms with Crippen LogP contribution in [0.4, 0.5) is 10.3 Å². The Balaban J connectivity index is 1.86. The van der Waals surface area contributed by atoms with Crippen LogP contribution in [0, 0.1) is 12.7 Å². The zero-order valence-electron chi connectivity index (χ0n) is 12.1. The molecular formula is C16H19FN4. The van der Waals surface area contributed by atoms with Crippen LogP contribution >= 0.6 is 0 Å². The molecule has 3 rings (SSSR count). The van der Waals surface area contributed by atoms with Crippen LogP contribution in [0.25, 0.3) is 11.1 Å². The Bertz CT molecular complexity index is 604. The lowest BCUT2D eigenvalue weighted by Crippen LogP contribution is -2.29. The monoisotopic (exact) mass is 286 g/mol. The number of anilines is 1. The summed E-state index contributed by atoms with van der Waals surface area (Å²) in [5.74, 6) is 0.549. The van der Waals surface area contributed by atoms with Crippen molar-refractivity contribution in [2.75, 3.05) is 31.1 Å². The zero-order valence-corrected chi connectivity index (χ0v) is 12.1. The van der Waals surface area contributed by atoms with Gasteiger partial charge in [0.1, 0.15) is 5.82 Å². The van der Waals surface area contributed by atoms with Crippen molar-refractivity contribution in [3.63, 3.8) is 0 Å². The first kappa shape index (κ1) is 13.9. The molecule has 1 aromatic carbocycles. The number of hydrogen-bond donors (Lipinski definition) is 1. The van der Waals surface area contributed by atoms with E-state index in [9.17, 15) is 4.39 Å². The first-order valence-electron chi connectivity index (χ1n) is 7.29. The van der Waals surface area contributed by atoms with Gasteiger partial charge in [-0.3, -0.25) is 0 Å². The molecule has 1 fully saturated rings. The van der Waals surface area contributed by atoms with Crippen molar-refractivity contribution < 1.29 is 4.39 Å². The SMILES string of the molecule is Cc1nc(N2CCCNCC2)ncc1-c1ccc(F)cc1. The average Bonchev–Trinajstić information content (AvgIpc) is 2.77. The highest BCUT2D eigenvalue weighted by Gasteiger charge is 2.13. The smallest absolute Gasteiger partial charge is 0.225 e. The average molecular weight is 286 g/mol. The number of hydrogen-bond acceptors (Lipinski definition) is 4. The molecule has 5 heteroatoms. The quantitative estimate of drug-likeness (QED) is 0.920. The van der Waals surface area contributed by atoms with Gasteiger partial charge in [0.25, 0.3) is 0 Å². The molecular weight excluding hydrogens is 267 g/mol. The van der Waals surface area contributed by atoms with E-state index in [1.54, 1.807) is 12.1 Å². The maximum absolute atomic E-state index is 13.0. The van der Waals surface area contributed by atoms with E-state index in [1.807, 2.05) is 13.1 Å². The Kier molecular flexibility index (Phi) is 4.10. The molecule has 0 unspecified atom stereocenters. The van der Waals surface area contributed by atoms with Gasteiger partial charge >= 0.3 is 0 Å². The van der Waals surface area contributed by atoms with Gasteiger partial charge in [0.05, 0.1) is 5.69 Å². The van der Waals surface area contributed by atoms with E-state index in [2.05, 4.69) is 20.2 Å². The maximum Gasteiger partial charge on any atom is 0.225 e. The van der Waals surface area contributed by atoms with E-state index < -0.39 is 0 Å². The highest BCUT2D eigenvalue weighted by atomic mass is 19.1. The summed E-state index contributed by atoms with van der Waals surface area (Å²) >= 11 is 0. The minimum Gasteiger partial charge on any atom is -0.339 e. The Morgan fingerprint density at radius 1 is 1.14 bits per heavy atom. The molecule has 1 N–H and O–H groups in total. The molecule has 0 bridgehead atoms. The van der Waals surface area contributed by atoms with Gasteiger partial charge in [0, 0.05) is 31.4 Å². The minimum absolute atomic E-state index is 0.231. The Morgan fingerprint density at radius 2 is 1.95 bits per heavy atom. The predicted molar refractivity (Wildman–Crippen MR) is 81.9 cm³/mol. The summed E-state index contributed by atoms with van der Waals surface area (Å²) in [6.45, 7) is 5.88. The molecule has 0 spiro atoms. The molecule has 1 aliphatic rings. The molecule has 0 amide bonds. The topological polar surface area (TPSA) is 41.1 Å². The van der Waals surface area contributed by atoms with Crippen LogP contribution in [-0.4, -0.2) is 36.1 Å². The van der Waals surface area contributed by atoms with Crippen molar-refractivity contribution in [1.29, 1.82) is 0 Å². The number of aromatic nitrogens is 2. The molecule has 4 nitrogen and oxygen atoms in total. The van der Waals surface area contributed by atoms with Crippen LogP contribution in [0.2, 0.25) is 0 Å². The van der Waals surface area contributed by atoms with Gasteiger partial charge in [-0.25, -0.2) is 14.4 Å². The van der Waals surface area contributed by atoms with Crippen LogP contribution < -0.4 is 10.2 Å². The molecule has 0 atom stereocenters. The van der Waals surface area contributed by atoms with Crippen LogP contribution in [0.3, 0.4) is 0 Å². The molecule has 1 saturated heterocycles. The Hall–Kier alpha value is -2.01. The fraction of sp³-hybridized carbons (Fsp3) is 0.375. The molecule has 0 aliphatic carbocycles. The highest BCUT2D eigenvalue weighted by Crippen LogP contribution is 2.23. The van der Waals surface area contributed by atoms with Gasteiger partial charge in [-0.2, -0.15) is 0 Å². The summed E-state index contributed by atoms with van der Waals surface area (Å²) in [5, 5.41) is 3.37. The number of benzene rings is 1. The van der Waals surface area contributed by atoms with E-state index in [0.717, 1.165) is 55.4 Å². The second-order valence-corrected chi connectivity index (χ2v) is 5.27. The van der Waals surface area contributed by atoms with Gasteiger partial charge in [-0.05, 0) is 37.6 Å². The van der Waals surface area contributed by atoms with E-state index in [0.29, 0.717) is 0 Å². The van der Waals surface area contributed by atoms with E-state index >= 15 is 0 Å². The Morgan fingerprint density at radius 3 is 2.71 bits per heavy atom. The van der Waals surface area contributed by atoms with Crippen LogP contribution in [0.15, 0.2) is 30.5 Å². The lowest BCUT2D eigenvalue weighted by molar-refractivity contribution is 0.628. The van der Waals surface area contributed by atoms with Crippen LogP contribution in [0.5, 0.6) is 0 Å². The summed E-state index contributed by atoms with van der Waals surface area (Å²) < 4.78 is 13.0. The molecule has 0 saturated carbocycles.